The SMILES string of the molecule is CCN1C(=O)NC(c2c(Cl)cccc2Cl)C(C(=O)Nc2cc(C)on2)=C1C. The largest absolute Gasteiger partial charge is 0.360 e. The maximum atomic E-state index is 13.0. The lowest BCUT2D eigenvalue weighted by molar-refractivity contribution is -0.113. The van der Waals surface area contributed by atoms with Gasteiger partial charge in [-0.2, -0.15) is 0 Å². The fourth-order valence-electron chi connectivity index (χ4n) is 3.07. The number of nitrogens with one attached hydrogen (secondary N) is 2. The molecule has 0 saturated carbocycles. The molecule has 0 radical (unpaired) electrons. The van der Waals surface area contributed by atoms with Crippen LogP contribution in [0.5, 0.6) is 0 Å². The molecule has 1 aromatic carbocycles. The predicted molar refractivity (Wildman–Crippen MR) is 103 cm³/mol. The van der Waals surface area contributed by atoms with Gasteiger partial charge >= 0.3 is 6.03 Å². The highest BCUT2D eigenvalue weighted by molar-refractivity contribution is 6.36. The summed E-state index contributed by atoms with van der Waals surface area (Å²) in [6.45, 7) is 5.66. The lowest BCUT2D eigenvalue weighted by atomic mass is 9.94. The Bertz CT molecular complexity index is 918. The molecule has 0 bridgehead atoms. The molecule has 1 aromatic heterocycles. The van der Waals surface area contributed by atoms with Gasteiger partial charge in [0.2, 0.25) is 0 Å². The summed E-state index contributed by atoms with van der Waals surface area (Å²) in [5, 5.41) is 10.0. The second-order valence-corrected chi connectivity index (χ2v) is 6.85. The average molecular weight is 409 g/mol. The summed E-state index contributed by atoms with van der Waals surface area (Å²) < 4.78 is 4.99. The van der Waals surface area contributed by atoms with Crippen LogP contribution in [0.2, 0.25) is 10.0 Å². The Morgan fingerprint density at radius 3 is 2.56 bits per heavy atom. The van der Waals surface area contributed by atoms with Gasteiger partial charge in [0, 0.05) is 33.9 Å². The summed E-state index contributed by atoms with van der Waals surface area (Å²) in [6.07, 6.45) is 0. The molecule has 1 atom stereocenters. The van der Waals surface area contributed by atoms with Gasteiger partial charge < -0.3 is 15.2 Å². The van der Waals surface area contributed by atoms with Gasteiger partial charge in [-0.3, -0.25) is 9.69 Å². The minimum Gasteiger partial charge on any atom is -0.360 e. The van der Waals surface area contributed by atoms with Gasteiger partial charge in [0.1, 0.15) is 5.76 Å². The second-order valence-electron chi connectivity index (χ2n) is 6.04. The van der Waals surface area contributed by atoms with Crippen LogP contribution >= 0.6 is 23.2 Å². The van der Waals surface area contributed by atoms with Gasteiger partial charge in [-0.25, -0.2) is 4.79 Å². The molecular formula is C18H18Cl2N4O3. The Morgan fingerprint density at radius 2 is 2.00 bits per heavy atom. The Labute approximate surface area is 166 Å². The van der Waals surface area contributed by atoms with Crippen LogP contribution in [0.15, 0.2) is 40.1 Å². The number of hydrogen-bond acceptors (Lipinski definition) is 4. The Morgan fingerprint density at radius 1 is 1.33 bits per heavy atom. The number of anilines is 1. The molecule has 9 heteroatoms. The normalized spacial score (nSPS) is 17.1. The van der Waals surface area contributed by atoms with E-state index in [9.17, 15) is 9.59 Å². The zero-order valence-electron chi connectivity index (χ0n) is 15.0. The molecule has 3 amide bonds. The molecule has 1 unspecified atom stereocenters. The van der Waals surface area contributed by atoms with Crippen LogP contribution in [0.3, 0.4) is 0 Å². The first-order valence-electron chi connectivity index (χ1n) is 8.30. The number of nitrogens with zero attached hydrogens (tertiary/aromatic N) is 2. The van der Waals surface area contributed by atoms with Gasteiger partial charge in [-0.1, -0.05) is 34.4 Å². The number of urea groups is 1. The number of hydrogen-bond donors (Lipinski definition) is 2. The maximum absolute atomic E-state index is 13.0. The van der Waals surface area contributed by atoms with Gasteiger partial charge in [0.05, 0.1) is 11.6 Å². The van der Waals surface area contributed by atoms with Crippen molar-refractivity contribution < 1.29 is 14.1 Å². The zero-order chi connectivity index (χ0) is 19.7. The van der Waals surface area contributed by atoms with Crippen LogP contribution in [0.4, 0.5) is 10.6 Å². The third-order valence-electron chi connectivity index (χ3n) is 4.32. The predicted octanol–water partition coefficient (Wildman–Crippen LogP) is 4.29. The standard InChI is InChI=1S/C18H18Cl2N4O3/c1-4-24-10(3)14(17(25)21-13-8-9(2)27-23-13)16(22-18(24)26)15-11(19)6-5-7-12(15)20/h5-8,16H,4H2,1-3H3,(H,22,26)(H,21,23,25). The molecular weight excluding hydrogens is 391 g/mol. The van der Waals surface area contributed by atoms with Crippen LogP contribution in [0.25, 0.3) is 0 Å². The van der Waals surface area contributed by atoms with E-state index in [1.54, 1.807) is 38.1 Å². The highest BCUT2D eigenvalue weighted by atomic mass is 35.5. The molecule has 2 N–H and O–H groups in total. The highest BCUT2D eigenvalue weighted by Crippen LogP contribution is 2.38. The molecule has 2 heterocycles. The molecule has 0 aliphatic carbocycles. The van der Waals surface area contributed by atoms with E-state index in [4.69, 9.17) is 27.7 Å². The van der Waals surface area contributed by atoms with Gasteiger partial charge in [-0.15, -0.1) is 0 Å². The first-order chi connectivity index (χ1) is 12.8. The summed E-state index contributed by atoms with van der Waals surface area (Å²) in [5.41, 5.74) is 1.30. The van der Waals surface area contributed by atoms with Crippen molar-refractivity contribution in [2.45, 2.75) is 26.8 Å². The first kappa shape index (κ1) is 19.3. The van der Waals surface area contributed by atoms with Crippen LogP contribution in [-0.2, 0) is 4.79 Å². The van der Waals surface area contributed by atoms with E-state index in [1.165, 1.54) is 4.90 Å². The quantitative estimate of drug-likeness (QED) is 0.789. The summed E-state index contributed by atoms with van der Waals surface area (Å²) >= 11 is 12.7. The third kappa shape index (κ3) is 3.65. The highest BCUT2D eigenvalue weighted by Gasteiger charge is 2.37. The van der Waals surface area contributed by atoms with Crippen molar-refractivity contribution in [1.29, 1.82) is 0 Å². The summed E-state index contributed by atoms with van der Waals surface area (Å²) in [4.78, 5) is 27.0. The summed E-state index contributed by atoms with van der Waals surface area (Å²) in [5.74, 6) is 0.413. The van der Waals surface area contributed by atoms with Crippen LogP contribution in [0.1, 0.15) is 31.2 Å². The number of carbonyl (C=O) groups is 2. The lowest BCUT2D eigenvalue weighted by Crippen LogP contribution is -2.48. The Kier molecular flexibility index (Phi) is 5.43. The molecule has 7 nitrogen and oxygen atoms in total. The number of halogens is 2. The van der Waals surface area contributed by atoms with Crippen molar-refractivity contribution in [3.8, 4) is 0 Å². The van der Waals surface area contributed by atoms with E-state index in [1.807, 2.05) is 6.92 Å². The number of amides is 3. The number of allylic oxidation sites excluding steroid dienone is 1. The number of rotatable bonds is 4. The van der Waals surface area contributed by atoms with E-state index in [-0.39, 0.29) is 11.8 Å². The number of carbonyl (C=O) groups excluding carboxylic acids is 2. The van der Waals surface area contributed by atoms with E-state index >= 15 is 0 Å². The van der Waals surface area contributed by atoms with Crippen molar-refractivity contribution in [2.75, 3.05) is 11.9 Å². The maximum Gasteiger partial charge on any atom is 0.322 e. The average Bonchev–Trinajstić information content (AvgIpc) is 2.99. The molecule has 27 heavy (non-hydrogen) atoms. The van der Waals surface area contributed by atoms with Crippen molar-refractivity contribution in [3.63, 3.8) is 0 Å². The third-order valence-corrected chi connectivity index (χ3v) is 4.97. The van der Waals surface area contributed by atoms with Crippen LogP contribution in [-0.4, -0.2) is 28.5 Å². The van der Waals surface area contributed by atoms with E-state index in [0.29, 0.717) is 39.2 Å². The lowest BCUT2D eigenvalue weighted by Gasteiger charge is -2.35. The fourth-order valence-corrected chi connectivity index (χ4v) is 3.68. The number of benzene rings is 1. The molecule has 3 rings (SSSR count). The number of aryl methyl sites for hydroxylation is 1. The Balaban J connectivity index is 2.09. The van der Waals surface area contributed by atoms with Crippen molar-refractivity contribution in [1.82, 2.24) is 15.4 Å². The monoisotopic (exact) mass is 408 g/mol. The van der Waals surface area contributed by atoms with Gasteiger partial charge in [-0.05, 0) is 32.9 Å². The van der Waals surface area contributed by atoms with Crippen molar-refractivity contribution in [2.24, 2.45) is 0 Å². The molecule has 0 saturated heterocycles. The summed E-state index contributed by atoms with van der Waals surface area (Å²) in [7, 11) is 0. The zero-order valence-corrected chi connectivity index (χ0v) is 16.5. The van der Waals surface area contributed by atoms with E-state index < -0.39 is 11.9 Å². The second kappa shape index (κ2) is 7.62. The van der Waals surface area contributed by atoms with Crippen molar-refractivity contribution >= 4 is 41.0 Å². The fraction of sp³-hybridized carbons (Fsp3) is 0.278. The Hall–Kier alpha value is -2.51. The van der Waals surface area contributed by atoms with Crippen molar-refractivity contribution in [3.05, 3.63) is 56.9 Å². The molecule has 1 aliphatic rings. The smallest absolute Gasteiger partial charge is 0.322 e. The molecule has 1 aliphatic heterocycles. The molecule has 0 spiro atoms. The molecule has 0 fully saturated rings. The van der Waals surface area contributed by atoms with Gasteiger partial charge in [0.25, 0.3) is 5.91 Å². The van der Waals surface area contributed by atoms with Crippen LogP contribution in [0, 0.1) is 6.92 Å². The van der Waals surface area contributed by atoms with Gasteiger partial charge in [0.15, 0.2) is 5.82 Å². The molecule has 2 aromatic rings. The van der Waals surface area contributed by atoms with E-state index in [0.717, 1.165) is 0 Å². The summed E-state index contributed by atoms with van der Waals surface area (Å²) in [6, 6.07) is 5.50. The topological polar surface area (TPSA) is 87.5 Å². The van der Waals surface area contributed by atoms with Crippen LogP contribution < -0.4 is 10.6 Å². The molecule has 142 valence electrons. The number of aromatic nitrogens is 1. The minimum absolute atomic E-state index is 0.279. The van der Waals surface area contributed by atoms with E-state index in [2.05, 4.69) is 15.8 Å². The minimum atomic E-state index is -0.797. The first-order valence-corrected chi connectivity index (χ1v) is 9.06.